The van der Waals surface area contributed by atoms with E-state index in [-0.39, 0.29) is 0 Å². The van der Waals surface area contributed by atoms with Crippen molar-refractivity contribution in [2.45, 2.75) is 44.9 Å². The third-order valence-corrected chi connectivity index (χ3v) is 2.27. The second-order valence-corrected chi connectivity index (χ2v) is 3.53. The van der Waals surface area contributed by atoms with Gasteiger partial charge in [-0.1, -0.05) is 37.7 Å². The van der Waals surface area contributed by atoms with E-state index in [1.807, 2.05) is 0 Å². The SMILES string of the molecule is C1CCCCNNNOOCCCC1. The lowest BCUT2D eigenvalue weighted by Gasteiger charge is -2.09. The molecule has 84 valence electrons. The number of hydrogen-bond donors (Lipinski definition) is 3. The Morgan fingerprint density at radius 1 is 0.786 bits per heavy atom. The van der Waals surface area contributed by atoms with Gasteiger partial charge in [0.15, 0.2) is 0 Å². The van der Waals surface area contributed by atoms with Gasteiger partial charge in [-0.3, -0.25) is 0 Å². The van der Waals surface area contributed by atoms with Crippen LogP contribution in [-0.4, -0.2) is 13.2 Å². The lowest BCUT2D eigenvalue weighted by atomic mass is 10.1. The number of rotatable bonds is 0. The molecule has 1 fully saturated rings. The molecule has 0 spiro atoms. The van der Waals surface area contributed by atoms with Crippen molar-refractivity contribution in [2.24, 2.45) is 0 Å². The first-order valence-corrected chi connectivity index (χ1v) is 5.51. The Kier molecular flexibility index (Phi) is 7.94. The van der Waals surface area contributed by atoms with Gasteiger partial charge in [0.25, 0.3) is 0 Å². The first kappa shape index (κ1) is 11.9. The first-order valence-electron chi connectivity index (χ1n) is 5.51. The minimum absolute atomic E-state index is 0.648. The molecule has 1 heterocycles. The monoisotopic (exact) mass is 203 g/mol. The summed E-state index contributed by atoms with van der Waals surface area (Å²) < 4.78 is 0. The van der Waals surface area contributed by atoms with E-state index in [2.05, 4.69) is 21.5 Å². The number of nitrogens with one attached hydrogen (secondary N) is 3. The molecule has 14 heavy (non-hydrogen) atoms. The van der Waals surface area contributed by atoms with Gasteiger partial charge in [-0.25, -0.2) is 10.3 Å². The molecule has 0 atom stereocenters. The lowest BCUT2D eigenvalue weighted by Crippen LogP contribution is -2.43. The van der Waals surface area contributed by atoms with E-state index in [1.54, 1.807) is 0 Å². The summed E-state index contributed by atoms with van der Waals surface area (Å²) in [7, 11) is 0. The van der Waals surface area contributed by atoms with Crippen LogP contribution in [0.25, 0.3) is 0 Å². The van der Waals surface area contributed by atoms with E-state index in [9.17, 15) is 0 Å². The topological polar surface area (TPSA) is 54.5 Å². The van der Waals surface area contributed by atoms with Gasteiger partial charge in [-0.15, -0.1) is 4.99 Å². The van der Waals surface area contributed by atoms with Crippen LogP contribution in [0.1, 0.15) is 44.9 Å². The van der Waals surface area contributed by atoms with Crippen molar-refractivity contribution in [3.05, 3.63) is 0 Å². The van der Waals surface area contributed by atoms with Crippen molar-refractivity contribution in [3.8, 4) is 0 Å². The Labute approximate surface area is 85.4 Å². The maximum absolute atomic E-state index is 4.86. The molecule has 1 saturated heterocycles. The number of hydrogen-bond acceptors (Lipinski definition) is 5. The van der Waals surface area contributed by atoms with Crippen LogP contribution < -0.4 is 16.5 Å². The highest BCUT2D eigenvalue weighted by Gasteiger charge is 1.94. The van der Waals surface area contributed by atoms with Gasteiger partial charge in [0, 0.05) is 6.54 Å². The summed E-state index contributed by atoms with van der Waals surface area (Å²) in [5.41, 5.74) is 8.12. The molecule has 5 heteroatoms. The van der Waals surface area contributed by atoms with Gasteiger partial charge in [0.2, 0.25) is 0 Å². The summed E-state index contributed by atoms with van der Waals surface area (Å²) in [6, 6.07) is 0. The molecule has 0 aromatic carbocycles. The molecule has 5 nitrogen and oxygen atoms in total. The third-order valence-electron chi connectivity index (χ3n) is 2.27. The Morgan fingerprint density at radius 2 is 1.50 bits per heavy atom. The zero-order valence-corrected chi connectivity index (χ0v) is 8.68. The smallest absolute Gasteiger partial charge is 0.0842 e. The molecule has 3 N–H and O–H groups in total. The minimum Gasteiger partial charge on any atom is -0.242 e. The largest absolute Gasteiger partial charge is 0.242 e. The highest BCUT2D eigenvalue weighted by molar-refractivity contribution is 4.47. The molecule has 0 amide bonds. The fourth-order valence-corrected chi connectivity index (χ4v) is 1.45. The second kappa shape index (κ2) is 9.36. The van der Waals surface area contributed by atoms with Gasteiger partial charge in [0.1, 0.15) is 0 Å². The predicted octanol–water partition coefficient (Wildman–Crippen LogP) is 1.19. The lowest BCUT2D eigenvalue weighted by molar-refractivity contribution is -0.348. The van der Waals surface area contributed by atoms with Crippen molar-refractivity contribution in [3.63, 3.8) is 0 Å². The standard InChI is InChI=1S/C9H21N3O2/c1-2-4-6-8-10-11-12-14-13-9-7-5-3-1/h10-12H,1-9H2. The fourth-order valence-electron chi connectivity index (χ4n) is 1.45. The molecule has 0 unspecified atom stereocenters. The second-order valence-electron chi connectivity index (χ2n) is 3.53. The van der Waals surface area contributed by atoms with E-state index in [1.165, 1.54) is 38.5 Å². The molecular weight excluding hydrogens is 182 g/mol. The molecule has 1 rings (SSSR count). The van der Waals surface area contributed by atoms with Crippen molar-refractivity contribution in [1.82, 2.24) is 16.5 Å². The molecule has 1 aliphatic heterocycles. The fraction of sp³-hybridized carbons (Fsp3) is 1.00. The predicted molar refractivity (Wildman–Crippen MR) is 53.6 cm³/mol. The van der Waals surface area contributed by atoms with E-state index < -0.39 is 0 Å². The van der Waals surface area contributed by atoms with Crippen molar-refractivity contribution in [1.29, 1.82) is 0 Å². The van der Waals surface area contributed by atoms with E-state index >= 15 is 0 Å². The van der Waals surface area contributed by atoms with Gasteiger partial charge < -0.3 is 0 Å². The summed E-state index contributed by atoms with van der Waals surface area (Å²) in [5.74, 6) is 0. The number of hydrazine groups is 2. The van der Waals surface area contributed by atoms with Crippen molar-refractivity contribution < 1.29 is 9.88 Å². The highest BCUT2D eigenvalue weighted by atomic mass is 17.3. The normalized spacial score (nSPS) is 24.0. The van der Waals surface area contributed by atoms with Crippen molar-refractivity contribution >= 4 is 0 Å². The molecule has 0 saturated carbocycles. The molecule has 1 aliphatic rings. The molecule has 0 aromatic heterocycles. The molecule has 0 aromatic rings. The maximum atomic E-state index is 4.86. The summed E-state index contributed by atoms with van der Waals surface area (Å²) in [6.45, 7) is 1.59. The Balaban J connectivity index is 2.00. The average Bonchev–Trinajstić information content (AvgIpc) is 2.22. The van der Waals surface area contributed by atoms with E-state index in [0.29, 0.717) is 6.61 Å². The molecule has 0 radical (unpaired) electrons. The summed E-state index contributed by atoms with van der Waals surface area (Å²) >= 11 is 0. The van der Waals surface area contributed by atoms with Crippen LogP contribution in [0.2, 0.25) is 0 Å². The van der Waals surface area contributed by atoms with Gasteiger partial charge in [0.05, 0.1) is 6.61 Å². The quantitative estimate of drug-likeness (QED) is 0.516. The summed E-state index contributed by atoms with van der Waals surface area (Å²) in [4.78, 5) is 9.52. The van der Waals surface area contributed by atoms with Crippen LogP contribution in [0.5, 0.6) is 0 Å². The molecular formula is C9H21N3O2. The van der Waals surface area contributed by atoms with E-state index in [0.717, 1.165) is 13.0 Å². The van der Waals surface area contributed by atoms with Crippen LogP contribution in [-0.2, 0) is 9.88 Å². The highest BCUT2D eigenvalue weighted by Crippen LogP contribution is 2.06. The average molecular weight is 203 g/mol. The van der Waals surface area contributed by atoms with Crippen LogP contribution in [0.15, 0.2) is 0 Å². The Hall–Kier alpha value is -0.200. The van der Waals surface area contributed by atoms with Crippen LogP contribution in [0.3, 0.4) is 0 Å². The maximum Gasteiger partial charge on any atom is 0.0842 e. The van der Waals surface area contributed by atoms with Crippen LogP contribution in [0.4, 0.5) is 0 Å². The van der Waals surface area contributed by atoms with Gasteiger partial charge in [-0.2, -0.15) is 5.53 Å². The summed E-state index contributed by atoms with van der Waals surface area (Å²) in [5, 5.41) is 0. The van der Waals surface area contributed by atoms with Gasteiger partial charge >= 0.3 is 0 Å². The molecule has 0 aliphatic carbocycles. The minimum atomic E-state index is 0.648. The Morgan fingerprint density at radius 3 is 2.36 bits per heavy atom. The Bertz CT molecular complexity index is 71.3. The molecule has 0 bridgehead atoms. The zero-order valence-electron chi connectivity index (χ0n) is 8.68. The third kappa shape index (κ3) is 7.23. The van der Waals surface area contributed by atoms with Crippen molar-refractivity contribution in [2.75, 3.05) is 13.2 Å². The zero-order chi connectivity index (χ0) is 9.90. The van der Waals surface area contributed by atoms with Gasteiger partial charge in [-0.05, 0) is 12.8 Å². The van der Waals surface area contributed by atoms with Crippen LogP contribution >= 0.6 is 0 Å². The van der Waals surface area contributed by atoms with E-state index in [4.69, 9.17) is 4.89 Å². The first-order chi connectivity index (χ1) is 7.00. The summed E-state index contributed by atoms with van der Waals surface area (Å²) in [6.07, 6.45) is 8.77. The van der Waals surface area contributed by atoms with Crippen LogP contribution in [0, 0.1) is 0 Å².